The second kappa shape index (κ2) is 19.2. The summed E-state index contributed by atoms with van der Waals surface area (Å²) >= 11 is 0. The number of amides is 2. The molecule has 0 bridgehead atoms. The van der Waals surface area contributed by atoms with E-state index in [0.717, 1.165) is 37.8 Å². The lowest BCUT2D eigenvalue weighted by atomic mass is 9.80. The number of nitrogens with zero attached hydrogens (tertiary/aromatic N) is 2. The molecule has 0 saturated carbocycles. The van der Waals surface area contributed by atoms with Gasteiger partial charge in [0.2, 0.25) is 18.0 Å². The number of nitrogens with one attached hydrogen (secondary N) is 2. The first-order valence-electron chi connectivity index (χ1n) is 17.1. The van der Waals surface area contributed by atoms with Crippen molar-refractivity contribution >= 4 is 30.4 Å². The number of rotatable bonds is 16. The van der Waals surface area contributed by atoms with E-state index in [4.69, 9.17) is 20.2 Å². The predicted molar refractivity (Wildman–Crippen MR) is 185 cm³/mol. The van der Waals surface area contributed by atoms with Crippen molar-refractivity contribution in [2.45, 2.75) is 72.2 Å². The second-order valence-corrected chi connectivity index (χ2v) is 13.1. The van der Waals surface area contributed by atoms with Crippen molar-refractivity contribution in [1.29, 1.82) is 0 Å². The summed E-state index contributed by atoms with van der Waals surface area (Å²) in [5.41, 5.74) is 7.69. The lowest BCUT2D eigenvalue weighted by Gasteiger charge is -2.36. The highest BCUT2D eigenvalue weighted by Crippen LogP contribution is 2.34. The third-order valence-electron chi connectivity index (χ3n) is 9.30. The van der Waals surface area contributed by atoms with Crippen LogP contribution in [0.1, 0.15) is 53.9 Å². The Hall–Kier alpha value is -4.07. The molecular weight excluding hydrogens is 630 g/mol. The summed E-state index contributed by atoms with van der Waals surface area (Å²) in [6.45, 7) is 13.7. The Balaban J connectivity index is 1.77. The van der Waals surface area contributed by atoms with Gasteiger partial charge in [-0.2, -0.15) is 0 Å². The van der Waals surface area contributed by atoms with Gasteiger partial charge in [-0.25, -0.2) is 14.6 Å². The highest BCUT2D eigenvalue weighted by molar-refractivity contribution is 6.22. The fraction of sp³-hybridized carbons (Fsp3) is 0.583. The molecule has 1 fully saturated rings. The zero-order valence-corrected chi connectivity index (χ0v) is 29.6. The van der Waals surface area contributed by atoms with Crippen LogP contribution in [-0.2, 0) is 33.7 Å². The molecule has 0 aromatic carbocycles. The molecule has 4 unspecified atom stereocenters. The van der Waals surface area contributed by atoms with E-state index in [-0.39, 0.29) is 41.1 Å². The first kappa shape index (κ1) is 39.4. The van der Waals surface area contributed by atoms with Crippen LogP contribution in [0.2, 0.25) is 0 Å². The van der Waals surface area contributed by atoms with Crippen LogP contribution in [0.3, 0.4) is 0 Å². The molecule has 1 aliphatic carbocycles. The van der Waals surface area contributed by atoms with Gasteiger partial charge < -0.3 is 26.0 Å². The minimum atomic E-state index is -0.947. The second-order valence-electron chi connectivity index (χ2n) is 13.1. The first-order valence-corrected chi connectivity index (χ1v) is 17.1. The maximum Gasteiger partial charge on any atom is 0.405 e. The highest BCUT2D eigenvalue weighted by Gasteiger charge is 2.36. The number of primary amides is 1. The van der Waals surface area contributed by atoms with Gasteiger partial charge in [0, 0.05) is 63.9 Å². The summed E-state index contributed by atoms with van der Waals surface area (Å²) < 4.78 is 5.40. The van der Waals surface area contributed by atoms with Crippen LogP contribution < -0.4 is 16.4 Å². The zero-order chi connectivity index (χ0) is 36.1. The molecule has 270 valence electrons. The number of allylic oxidation sites excluding steroid dienone is 5. The van der Waals surface area contributed by atoms with E-state index in [9.17, 15) is 24.0 Å². The number of Topliss-reactive ketones (excluding diaryl/α,β-unsaturated/α-hetero) is 1. The number of hydrogen-bond donors (Lipinski definition) is 3. The highest BCUT2D eigenvalue weighted by atomic mass is 17.2. The molecule has 2 heterocycles. The topological polar surface area (TPSA) is 170 Å². The Morgan fingerprint density at radius 1 is 1.18 bits per heavy atom. The smallest absolute Gasteiger partial charge is 0.405 e. The van der Waals surface area contributed by atoms with Gasteiger partial charge in [-0.15, -0.1) is 0 Å². The summed E-state index contributed by atoms with van der Waals surface area (Å²) in [4.78, 5) is 76.6. The van der Waals surface area contributed by atoms with E-state index in [1.54, 1.807) is 37.1 Å². The van der Waals surface area contributed by atoms with Crippen LogP contribution >= 0.6 is 0 Å². The van der Waals surface area contributed by atoms with Gasteiger partial charge in [-0.05, 0) is 55.7 Å². The van der Waals surface area contributed by atoms with Crippen molar-refractivity contribution in [1.82, 2.24) is 20.4 Å². The predicted octanol–water partition coefficient (Wildman–Crippen LogP) is 2.75. The first-order chi connectivity index (χ1) is 23.4. The monoisotopic (exact) mass is 683 g/mol. The number of piperazine rings is 1. The quantitative estimate of drug-likeness (QED) is 0.0546. The lowest BCUT2D eigenvalue weighted by molar-refractivity contribution is -0.366. The Bertz CT molecular complexity index is 1360. The molecule has 13 heteroatoms. The molecule has 1 saturated heterocycles. The molecule has 13 nitrogen and oxygen atoms in total. The SMILES string of the molecule is CCC(C[C@H](C)CC1=C(NCCN2CCN(C=O)CC2)C(=O)C=C(NC)C1=O)C1OOC(/C=C\C=C(/C)C=O)C(OC(N)=O)/C(C)=C/[C@@H]1C. The molecule has 6 atom stereocenters. The van der Waals surface area contributed by atoms with Gasteiger partial charge >= 0.3 is 6.09 Å². The third kappa shape index (κ3) is 11.2. The third-order valence-corrected chi connectivity index (χ3v) is 9.30. The number of aldehydes is 1. The summed E-state index contributed by atoms with van der Waals surface area (Å²) in [6.07, 6.45) is 8.72. The minimum absolute atomic E-state index is 0.00512. The molecule has 3 aliphatic rings. The lowest BCUT2D eigenvalue weighted by Crippen LogP contribution is -2.47. The van der Waals surface area contributed by atoms with Crippen LogP contribution in [0.4, 0.5) is 4.79 Å². The van der Waals surface area contributed by atoms with Crippen LogP contribution in [0.5, 0.6) is 0 Å². The van der Waals surface area contributed by atoms with E-state index in [1.165, 1.54) is 6.08 Å². The Morgan fingerprint density at radius 3 is 2.51 bits per heavy atom. The van der Waals surface area contributed by atoms with Crippen LogP contribution in [0.25, 0.3) is 0 Å². The van der Waals surface area contributed by atoms with E-state index >= 15 is 0 Å². The fourth-order valence-electron chi connectivity index (χ4n) is 6.59. The van der Waals surface area contributed by atoms with Crippen molar-refractivity contribution in [2.75, 3.05) is 46.3 Å². The van der Waals surface area contributed by atoms with Gasteiger partial charge in [0.15, 0.2) is 12.2 Å². The van der Waals surface area contributed by atoms with Gasteiger partial charge in [0.25, 0.3) is 0 Å². The normalized spacial score (nSPS) is 26.7. The van der Waals surface area contributed by atoms with E-state index in [2.05, 4.69) is 29.4 Å². The van der Waals surface area contributed by atoms with Crippen molar-refractivity contribution in [2.24, 2.45) is 23.5 Å². The number of carbonyl (C=O) groups is 5. The molecule has 0 radical (unpaired) electrons. The number of likely N-dealkylation sites (N-methyl/N-ethyl adjacent to an activating group) is 1. The van der Waals surface area contributed by atoms with Gasteiger partial charge in [-0.1, -0.05) is 45.4 Å². The van der Waals surface area contributed by atoms with Gasteiger partial charge in [0.1, 0.15) is 12.4 Å². The molecule has 4 N–H and O–H groups in total. The molecule has 0 aromatic rings. The summed E-state index contributed by atoms with van der Waals surface area (Å²) in [5, 5.41) is 6.14. The summed E-state index contributed by atoms with van der Waals surface area (Å²) in [7, 11) is 1.63. The standard InChI is InChI=1S/C36H53N5O8/c1-7-27(34-25(4)19-26(5)35(47-36(37)46)31(48-49-34)10-8-9-23(2)21-42)17-24(3)18-28-32(30(44)20-29(38-6)33(28)45)39-11-12-40-13-15-41(22-43)16-14-40/h8-10,19-22,24-25,27,31,34-35,38-39H,7,11-18H2,1-6H3,(H2,37,46)/b10-8-,23-9+,26-19+/t24-,25-,27?,31?,34?,35?/m0/s1. The van der Waals surface area contributed by atoms with Crippen molar-refractivity contribution in [3.8, 4) is 0 Å². The van der Waals surface area contributed by atoms with Crippen molar-refractivity contribution in [3.05, 3.63) is 58.5 Å². The Kier molecular flexibility index (Phi) is 15.4. The molecule has 0 spiro atoms. The number of ether oxygens (including phenoxy) is 1. The Morgan fingerprint density at radius 2 is 1.90 bits per heavy atom. The largest absolute Gasteiger partial charge is 0.439 e. The fourth-order valence-corrected chi connectivity index (χ4v) is 6.59. The van der Waals surface area contributed by atoms with E-state index < -0.39 is 18.3 Å². The van der Waals surface area contributed by atoms with Gasteiger partial charge in [-0.3, -0.25) is 24.1 Å². The Labute approximate surface area is 289 Å². The van der Waals surface area contributed by atoms with Crippen molar-refractivity contribution < 1.29 is 38.5 Å². The molecular formula is C36H53N5O8. The van der Waals surface area contributed by atoms with Crippen LogP contribution in [0.15, 0.2) is 58.5 Å². The molecule has 2 amide bonds. The van der Waals surface area contributed by atoms with Gasteiger partial charge in [0.05, 0.1) is 11.4 Å². The van der Waals surface area contributed by atoms with E-state index in [1.807, 2.05) is 19.9 Å². The minimum Gasteiger partial charge on any atom is -0.439 e. The molecule has 0 aromatic heterocycles. The average Bonchev–Trinajstić information content (AvgIpc) is 3.08. The number of hydrogen-bond acceptors (Lipinski definition) is 11. The molecule has 3 rings (SSSR count). The van der Waals surface area contributed by atoms with Crippen molar-refractivity contribution in [3.63, 3.8) is 0 Å². The molecule has 2 aliphatic heterocycles. The number of ketones is 2. The van der Waals surface area contributed by atoms with Crippen LogP contribution in [0, 0.1) is 17.8 Å². The number of nitrogens with two attached hydrogens (primary N) is 1. The summed E-state index contributed by atoms with van der Waals surface area (Å²) in [5.74, 6) is -0.541. The molecule has 49 heavy (non-hydrogen) atoms. The summed E-state index contributed by atoms with van der Waals surface area (Å²) in [6, 6.07) is 0. The maximum atomic E-state index is 13.5. The van der Waals surface area contributed by atoms with E-state index in [0.29, 0.717) is 55.9 Å². The van der Waals surface area contributed by atoms with Crippen LogP contribution in [-0.4, -0.2) is 105 Å². The maximum absolute atomic E-state index is 13.5. The zero-order valence-electron chi connectivity index (χ0n) is 29.6. The number of carbonyl (C=O) groups excluding carboxylic acids is 5. The average molecular weight is 684 g/mol.